The highest BCUT2D eigenvalue weighted by Gasteiger charge is 2.31. The Bertz CT molecular complexity index is 2050. The molecule has 10 nitrogen and oxygen atoms in total. The van der Waals surface area contributed by atoms with Gasteiger partial charge in [0.1, 0.15) is 5.00 Å². The first-order chi connectivity index (χ1) is 27.3. The van der Waals surface area contributed by atoms with Crippen LogP contribution in [0.3, 0.4) is 0 Å². The van der Waals surface area contributed by atoms with E-state index in [4.69, 9.17) is 4.74 Å². The lowest BCUT2D eigenvalue weighted by atomic mass is 9.87. The molecule has 0 saturated carbocycles. The van der Waals surface area contributed by atoms with Gasteiger partial charge in [-0.2, -0.15) is 0 Å². The van der Waals surface area contributed by atoms with Crippen molar-refractivity contribution in [1.82, 2.24) is 4.90 Å². The number of anilines is 2. The van der Waals surface area contributed by atoms with Gasteiger partial charge in [-0.15, -0.1) is 11.3 Å². The van der Waals surface area contributed by atoms with E-state index in [2.05, 4.69) is 10.6 Å². The molecule has 0 saturated heterocycles. The molecular weight excluding hydrogens is 739 g/mol. The van der Waals surface area contributed by atoms with Gasteiger partial charge < -0.3 is 25.4 Å². The number of hydrogen-bond acceptors (Lipinski definition) is 7. The van der Waals surface area contributed by atoms with E-state index in [1.54, 1.807) is 44.2 Å². The lowest BCUT2D eigenvalue weighted by Crippen LogP contribution is -2.40. The van der Waals surface area contributed by atoms with E-state index in [0.717, 1.165) is 84.9 Å². The molecular formula is C46H55N3O7S. The van der Waals surface area contributed by atoms with Gasteiger partial charge in [0, 0.05) is 35.1 Å². The Morgan fingerprint density at radius 3 is 2.11 bits per heavy atom. The number of esters is 1. The molecule has 302 valence electrons. The number of fused-ring (bicyclic) bond motifs is 1. The van der Waals surface area contributed by atoms with Crippen LogP contribution in [0.2, 0.25) is 0 Å². The van der Waals surface area contributed by atoms with E-state index in [1.165, 1.54) is 18.4 Å². The quantitative estimate of drug-likeness (QED) is 0.0852. The van der Waals surface area contributed by atoms with E-state index in [1.807, 2.05) is 61.2 Å². The molecule has 1 aliphatic carbocycles. The summed E-state index contributed by atoms with van der Waals surface area (Å²) in [5.41, 5.74) is 5.20. The predicted octanol–water partition coefficient (Wildman–Crippen LogP) is 9.50. The number of carboxylic acid groups (broad SMARTS) is 1. The Balaban J connectivity index is 1.25. The minimum absolute atomic E-state index is 0.0253. The summed E-state index contributed by atoms with van der Waals surface area (Å²) in [4.78, 5) is 67.6. The molecule has 1 aromatic heterocycles. The maximum atomic E-state index is 13.9. The number of aliphatic carboxylic acids is 1. The Morgan fingerprint density at radius 2 is 1.47 bits per heavy atom. The van der Waals surface area contributed by atoms with E-state index < -0.39 is 11.4 Å². The number of aryl methyl sites for hydroxylation is 3. The van der Waals surface area contributed by atoms with Crippen molar-refractivity contribution in [3.63, 3.8) is 0 Å². The molecule has 0 unspecified atom stereocenters. The third kappa shape index (κ3) is 11.2. The summed E-state index contributed by atoms with van der Waals surface area (Å²) in [5, 5.41) is 16.2. The van der Waals surface area contributed by atoms with Crippen molar-refractivity contribution < 1.29 is 33.8 Å². The van der Waals surface area contributed by atoms with Crippen LogP contribution in [0.25, 0.3) is 0 Å². The van der Waals surface area contributed by atoms with Gasteiger partial charge in [-0.25, -0.2) is 4.79 Å². The minimum Gasteiger partial charge on any atom is -0.481 e. The first-order valence-corrected chi connectivity index (χ1v) is 20.8. The number of amides is 3. The standard InChI is InChI=1S/C46H55N3O7S/c1-6-36(7-2)49(39(50)26-27-46(3,4)45(54)55)29-32-14-11-15-34(28-32)41(51)48-43-40(37-16-8-9-17-38(37)57-43)42(52)47-35-24-20-31(21-25-35)13-10-12-30-18-22-33(23-19-30)44(53)56-5/h11,14-15,18-25,28,36H,6-10,12-13,16-17,26-27,29H2,1-5H3,(H,47,52)(H,48,51)(H,54,55). The van der Waals surface area contributed by atoms with Crippen molar-refractivity contribution in [2.24, 2.45) is 5.41 Å². The minimum atomic E-state index is -1.01. The summed E-state index contributed by atoms with van der Waals surface area (Å²) in [6.07, 6.45) is 8.14. The van der Waals surface area contributed by atoms with Gasteiger partial charge in [-0.1, -0.05) is 50.2 Å². The van der Waals surface area contributed by atoms with Crippen LogP contribution in [0, 0.1) is 5.41 Å². The number of thiophene rings is 1. The third-order valence-corrected chi connectivity index (χ3v) is 12.1. The van der Waals surface area contributed by atoms with Crippen molar-refractivity contribution >= 4 is 51.7 Å². The molecule has 57 heavy (non-hydrogen) atoms. The van der Waals surface area contributed by atoms with Gasteiger partial charge in [-0.05, 0) is 137 Å². The lowest BCUT2D eigenvalue weighted by molar-refractivity contribution is -0.148. The largest absolute Gasteiger partial charge is 0.481 e. The molecule has 0 spiro atoms. The Kier molecular flexibility index (Phi) is 14.8. The number of methoxy groups -OCH3 is 1. The molecule has 3 N–H and O–H groups in total. The molecule has 11 heteroatoms. The average molecular weight is 794 g/mol. The van der Waals surface area contributed by atoms with E-state index in [-0.39, 0.29) is 42.6 Å². The number of hydrogen-bond donors (Lipinski definition) is 3. The van der Waals surface area contributed by atoms with Crippen molar-refractivity contribution in [2.75, 3.05) is 17.7 Å². The number of carbonyl (C=O) groups is 5. The number of nitrogens with one attached hydrogen (secondary N) is 2. The summed E-state index contributed by atoms with van der Waals surface area (Å²) in [7, 11) is 1.37. The number of rotatable bonds is 18. The Morgan fingerprint density at radius 1 is 0.825 bits per heavy atom. The van der Waals surface area contributed by atoms with E-state index in [9.17, 15) is 29.1 Å². The van der Waals surface area contributed by atoms with Crippen LogP contribution in [-0.4, -0.2) is 52.8 Å². The average Bonchev–Trinajstić information content (AvgIpc) is 3.58. The molecule has 1 aliphatic rings. The second-order valence-corrected chi connectivity index (χ2v) is 16.5. The van der Waals surface area contributed by atoms with Crippen LogP contribution in [0.4, 0.5) is 10.7 Å². The highest BCUT2D eigenvalue weighted by atomic mass is 32.1. The molecule has 0 radical (unpaired) electrons. The molecule has 0 fully saturated rings. The molecule has 0 atom stereocenters. The SMILES string of the molecule is CCC(CC)N(Cc1cccc(C(=O)Nc2sc3c(c2C(=O)Nc2ccc(CCCc4ccc(C(=O)OC)cc4)cc2)CCCC3)c1)C(=O)CCC(C)(C)C(=O)O. The summed E-state index contributed by atoms with van der Waals surface area (Å²) >= 11 is 1.46. The molecule has 1 heterocycles. The van der Waals surface area contributed by atoms with Crippen molar-refractivity contribution in [3.05, 3.63) is 117 Å². The first-order valence-electron chi connectivity index (χ1n) is 20.0. The molecule has 4 aromatic rings. The third-order valence-electron chi connectivity index (χ3n) is 10.9. The maximum Gasteiger partial charge on any atom is 0.337 e. The van der Waals surface area contributed by atoms with Gasteiger partial charge in [0.25, 0.3) is 11.8 Å². The second kappa shape index (κ2) is 19.7. The zero-order valence-corrected chi connectivity index (χ0v) is 34.6. The highest BCUT2D eigenvalue weighted by Crippen LogP contribution is 2.39. The fourth-order valence-electron chi connectivity index (χ4n) is 7.27. The van der Waals surface area contributed by atoms with Crippen LogP contribution in [-0.2, 0) is 46.6 Å². The fourth-order valence-corrected chi connectivity index (χ4v) is 8.55. The summed E-state index contributed by atoms with van der Waals surface area (Å²) in [5.74, 6) is -1.98. The topological polar surface area (TPSA) is 142 Å². The summed E-state index contributed by atoms with van der Waals surface area (Å²) in [6.45, 7) is 7.62. The zero-order valence-electron chi connectivity index (χ0n) is 33.7. The number of nitrogens with zero attached hydrogens (tertiary/aromatic N) is 1. The Labute approximate surface area is 340 Å². The van der Waals surface area contributed by atoms with Gasteiger partial charge in [0.15, 0.2) is 0 Å². The number of carboxylic acids is 1. The van der Waals surface area contributed by atoms with Crippen LogP contribution in [0.15, 0.2) is 72.8 Å². The van der Waals surface area contributed by atoms with Crippen molar-refractivity contribution in [1.29, 1.82) is 0 Å². The van der Waals surface area contributed by atoms with Crippen LogP contribution in [0.5, 0.6) is 0 Å². The van der Waals surface area contributed by atoms with Crippen LogP contribution < -0.4 is 10.6 Å². The molecule has 5 rings (SSSR count). The van der Waals surface area contributed by atoms with Gasteiger partial charge >= 0.3 is 11.9 Å². The van der Waals surface area contributed by atoms with Gasteiger partial charge in [0.2, 0.25) is 5.91 Å². The van der Waals surface area contributed by atoms with Crippen LogP contribution in [0.1, 0.15) is 131 Å². The monoisotopic (exact) mass is 793 g/mol. The van der Waals surface area contributed by atoms with Crippen molar-refractivity contribution in [2.45, 2.75) is 111 Å². The molecule has 3 aromatic carbocycles. The molecule has 0 bridgehead atoms. The molecule has 0 aliphatic heterocycles. The second-order valence-electron chi connectivity index (χ2n) is 15.4. The van der Waals surface area contributed by atoms with E-state index in [0.29, 0.717) is 33.9 Å². The number of carbonyl (C=O) groups excluding carboxylic acids is 4. The van der Waals surface area contributed by atoms with Gasteiger partial charge in [0.05, 0.1) is 23.7 Å². The predicted molar refractivity (Wildman–Crippen MR) is 225 cm³/mol. The number of benzene rings is 3. The van der Waals surface area contributed by atoms with E-state index >= 15 is 0 Å². The van der Waals surface area contributed by atoms with Crippen LogP contribution >= 0.6 is 11.3 Å². The van der Waals surface area contributed by atoms with Crippen molar-refractivity contribution in [3.8, 4) is 0 Å². The number of ether oxygens (including phenoxy) is 1. The van der Waals surface area contributed by atoms with Gasteiger partial charge in [-0.3, -0.25) is 19.2 Å². The Hall–Kier alpha value is -5.29. The first kappa shape index (κ1) is 42.8. The lowest BCUT2D eigenvalue weighted by Gasteiger charge is -2.32. The smallest absolute Gasteiger partial charge is 0.337 e. The summed E-state index contributed by atoms with van der Waals surface area (Å²) < 4.78 is 4.78. The summed E-state index contributed by atoms with van der Waals surface area (Å²) in [6, 6.07) is 22.5. The zero-order chi connectivity index (χ0) is 41.1. The normalized spacial score (nSPS) is 12.5. The molecule has 3 amide bonds. The fraction of sp³-hybridized carbons (Fsp3) is 0.413. The maximum absolute atomic E-state index is 13.9. The highest BCUT2D eigenvalue weighted by molar-refractivity contribution is 7.17.